The summed E-state index contributed by atoms with van der Waals surface area (Å²) in [5, 5.41) is 0.590. The predicted molar refractivity (Wildman–Crippen MR) is 73.2 cm³/mol. The van der Waals surface area contributed by atoms with E-state index in [2.05, 4.69) is 34.7 Å². The second kappa shape index (κ2) is 4.90. The summed E-state index contributed by atoms with van der Waals surface area (Å²) in [6.45, 7) is 4.65. The van der Waals surface area contributed by atoms with Crippen molar-refractivity contribution in [2.24, 2.45) is 0 Å². The number of aromatic nitrogens is 2. The van der Waals surface area contributed by atoms with Crippen molar-refractivity contribution in [3.05, 3.63) is 29.0 Å². The molecule has 0 atom stereocenters. The number of nitrogens with zero attached hydrogens (tertiary/aromatic N) is 2. The maximum atomic E-state index is 6.21. The number of aryl methyl sites for hydroxylation is 1. The fourth-order valence-electron chi connectivity index (χ4n) is 2.78. The number of rotatable bonds is 2. The molecule has 0 bridgehead atoms. The summed E-state index contributed by atoms with van der Waals surface area (Å²) in [6, 6.07) is 6.39. The molecule has 3 nitrogen and oxygen atoms in total. The van der Waals surface area contributed by atoms with Crippen LogP contribution < -0.4 is 0 Å². The highest BCUT2D eigenvalue weighted by atomic mass is 35.5. The predicted octanol–water partition coefficient (Wildman–Crippen LogP) is 3.60. The molecular formula is C14H17ClN2O. The molecule has 0 spiro atoms. The monoisotopic (exact) mass is 264 g/mol. The van der Waals surface area contributed by atoms with Gasteiger partial charge in [0, 0.05) is 19.8 Å². The van der Waals surface area contributed by atoms with Crippen molar-refractivity contribution < 1.29 is 4.74 Å². The fraction of sp³-hybridized carbons (Fsp3) is 0.500. The molecule has 96 valence electrons. The second-order valence-corrected chi connectivity index (χ2v) is 5.06. The van der Waals surface area contributed by atoms with Crippen LogP contribution in [0.1, 0.15) is 31.2 Å². The van der Waals surface area contributed by atoms with Crippen molar-refractivity contribution in [3.63, 3.8) is 0 Å². The van der Waals surface area contributed by atoms with E-state index in [1.807, 2.05) is 0 Å². The van der Waals surface area contributed by atoms with Gasteiger partial charge < -0.3 is 9.30 Å². The number of hydrogen-bond donors (Lipinski definition) is 0. The lowest BCUT2D eigenvalue weighted by atomic mass is 9.91. The summed E-state index contributed by atoms with van der Waals surface area (Å²) in [7, 11) is 0. The molecule has 0 N–H and O–H groups in total. The Labute approximate surface area is 112 Å². The zero-order valence-corrected chi connectivity index (χ0v) is 11.3. The Morgan fingerprint density at radius 1 is 1.39 bits per heavy atom. The Balaban J connectivity index is 2.11. The molecular weight excluding hydrogens is 248 g/mol. The van der Waals surface area contributed by atoms with Crippen LogP contribution in [0.2, 0.25) is 5.28 Å². The lowest BCUT2D eigenvalue weighted by Crippen LogP contribution is -2.14. The molecule has 3 rings (SSSR count). The molecule has 4 heteroatoms. The molecule has 0 amide bonds. The van der Waals surface area contributed by atoms with Gasteiger partial charge in [0.05, 0.1) is 11.0 Å². The maximum absolute atomic E-state index is 6.21. The minimum atomic E-state index is 0.554. The molecule has 2 aromatic rings. The van der Waals surface area contributed by atoms with E-state index in [9.17, 15) is 0 Å². The molecule has 1 fully saturated rings. The number of halogens is 1. The molecule has 0 unspecified atom stereocenters. The smallest absolute Gasteiger partial charge is 0.203 e. The first-order valence-electron chi connectivity index (χ1n) is 6.53. The van der Waals surface area contributed by atoms with Crippen LogP contribution >= 0.6 is 11.6 Å². The van der Waals surface area contributed by atoms with E-state index in [0.717, 1.165) is 43.6 Å². The first kappa shape index (κ1) is 12.0. The van der Waals surface area contributed by atoms with Crippen molar-refractivity contribution in [2.75, 3.05) is 13.2 Å². The first-order valence-corrected chi connectivity index (χ1v) is 6.91. The van der Waals surface area contributed by atoms with Gasteiger partial charge in [-0.1, -0.05) is 12.1 Å². The summed E-state index contributed by atoms with van der Waals surface area (Å²) >= 11 is 6.21. The number of benzene rings is 1. The Hall–Kier alpha value is -1.06. The van der Waals surface area contributed by atoms with Crippen molar-refractivity contribution in [2.45, 2.75) is 32.2 Å². The normalized spacial score (nSPS) is 17.4. The van der Waals surface area contributed by atoms with Crippen molar-refractivity contribution >= 4 is 22.6 Å². The summed E-state index contributed by atoms with van der Waals surface area (Å²) in [5.74, 6) is 0.554. The number of para-hydroxylation sites is 1. The average Bonchev–Trinajstić information content (AvgIpc) is 2.74. The van der Waals surface area contributed by atoms with Gasteiger partial charge in [-0.3, -0.25) is 0 Å². The Kier molecular flexibility index (Phi) is 3.27. The van der Waals surface area contributed by atoms with Gasteiger partial charge in [-0.25, -0.2) is 4.98 Å². The largest absolute Gasteiger partial charge is 0.381 e. The van der Waals surface area contributed by atoms with Crippen LogP contribution in [0.15, 0.2) is 18.2 Å². The van der Waals surface area contributed by atoms with Crippen LogP contribution in [0.5, 0.6) is 0 Å². The van der Waals surface area contributed by atoms with Gasteiger partial charge in [0.15, 0.2) is 0 Å². The average molecular weight is 265 g/mol. The van der Waals surface area contributed by atoms with Gasteiger partial charge in [-0.05, 0) is 48.9 Å². The van der Waals surface area contributed by atoms with E-state index < -0.39 is 0 Å². The number of fused-ring (bicyclic) bond motifs is 1. The topological polar surface area (TPSA) is 27.1 Å². The Bertz CT molecular complexity index is 558. The van der Waals surface area contributed by atoms with Gasteiger partial charge >= 0.3 is 0 Å². The molecule has 1 aromatic heterocycles. The molecule has 1 saturated heterocycles. The van der Waals surface area contributed by atoms with Gasteiger partial charge in [0.25, 0.3) is 0 Å². The summed E-state index contributed by atoms with van der Waals surface area (Å²) in [6.07, 6.45) is 2.16. The zero-order valence-electron chi connectivity index (χ0n) is 10.5. The van der Waals surface area contributed by atoms with E-state index in [4.69, 9.17) is 16.3 Å². The van der Waals surface area contributed by atoms with Gasteiger partial charge in [0.2, 0.25) is 5.28 Å². The third-order valence-corrected chi connectivity index (χ3v) is 4.03. The number of imidazole rings is 1. The van der Waals surface area contributed by atoms with Gasteiger partial charge in [0.1, 0.15) is 0 Å². The summed E-state index contributed by atoms with van der Waals surface area (Å²) in [4.78, 5) is 4.55. The minimum Gasteiger partial charge on any atom is -0.381 e. The quantitative estimate of drug-likeness (QED) is 0.829. The maximum Gasteiger partial charge on any atom is 0.203 e. The van der Waals surface area contributed by atoms with Crippen molar-refractivity contribution in [3.8, 4) is 0 Å². The standard InChI is InChI=1S/C14H17ClN2O/c1-2-17-12-5-3-4-11(13(12)16-14(17)15)10-6-8-18-9-7-10/h3-5,10H,2,6-9H2,1H3. The van der Waals surface area contributed by atoms with Crippen LogP contribution in [0.4, 0.5) is 0 Å². The first-order chi connectivity index (χ1) is 8.81. The van der Waals surface area contributed by atoms with Gasteiger partial charge in [-0.2, -0.15) is 0 Å². The highest BCUT2D eigenvalue weighted by Gasteiger charge is 2.20. The van der Waals surface area contributed by atoms with E-state index in [-0.39, 0.29) is 0 Å². The number of hydrogen-bond acceptors (Lipinski definition) is 2. The Morgan fingerprint density at radius 3 is 2.89 bits per heavy atom. The van der Waals surface area contributed by atoms with E-state index in [1.165, 1.54) is 5.56 Å². The highest BCUT2D eigenvalue weighted by Crippen LogP contribution is 2.33. The van der Waals surface area contributed by atoms with Gasteiger partial charge in [-0.15, -0.1) is 0 Å². The van der Waals surface area contributed by atoms with E-state index in [0.29, 0.717) is 11.2 Å². The molecule has 2 heterocycles. The van der Waals surface area contributed by atoms with Crippen molar-refractivity contribution in [1.29, 1.82) is 0 Å². The minimum absolute atomic E-state index is 0.554. The molecule has 0 aliphatic carbocycles. The van der Waals surface area contributed by atoms with Crippen molar-refractivity contribution in [1.82, 2.24) is 9.55 Å². The Morgan fingerprint density at radius 2 is 2.17 bits per heavy atom. The number of ether oxygens (including phenoxy) is 1. The SMILES string of the molecule is CCn1c(Cl)nc2c(C3CCOCC3)cccc21. The summed E-state index contributed by atoms with van der Waals surface area (Å²) < 4.78 is 7.49. The lowest BCUT2D eigenvalue weighted by molar-refractivity contribution is 0.0856. The fourth-order valence-corrected chi connectivity index (χ4v) is 3.07. The third-order valence-electron chi connectivity index (χ3n) is 3.74. The van der Waals surface area contributed by atoms with Crippen LogP contribution in [0, 0.1) is 0 Å². The third kappa shape index (κ3) is 1.91. The zero-order chi connectivity index (χ0) is 12.5. The molecule has 0 saturated carbocycles. The highest BCUT2D eigenvalue weighted by molar-refractivity contribution is 6.29. The van der Waals surface area contributed by atoms with E-state index in [1.54, 1.807) is 0 Å². The molecule has 18 heavy (non-hydrogen) atoms. The van der Waals surface area contributed by atoms with Crippen LogP contribution in [-0.4, -0.2) is 22.8 Å². The molecule has 1 aliphatic heterocycles. The van der Waals surface area contributed by atoms with E-state index >= 15 is 0 Å². The summed E-state index contributed by atoms with van der Waals surface area (Å²) in [5.41, 5.74) is 3.53. The van der Waals surface area contributed by atoms with Crippen LogP contribution in [-0.2, 0) is 11.3 Å². The molecule has 0 radical (unpaired) electrons. The lowest BCUT2D eigenvalue weighted by Gasteiger charge is -2.22. The second-order valence-electron chi connectivity index (χ2n) is 4.73. The van der Waals surface area contributed by atoms with Crippen LogP contribution in [0.3, 0.4) is 0 Å². The molecule has 1 aliphatic rings. The van der Waals surface area contributed by atoms with Crippen LogP contribution in [0.25, 0.3) is 11.0 Å². The molecule has 1 aromatic carbocycles.